The van der Waals surface area contributed by atoms with Crippen LogP contribution in [0.4, 0.5) is 5.69 Å². The van der Waals surface area contributed by atoms with E-state index in [9.17, 15) is 4.79 Å². The summed E-state index contributed by atoms with van der Waals surface area (Å²) in [6.45, 7) is 0. The second-order valence-corrected chi connectivity index (χ2v) is 5.21. The molecular weight excluding hydrogens is 240 g/mol. The zero-order valence-corrected chi connectivity index (χ0v) is 10.7. The van der Waals surface area contributed by atoms with E-state index in [0.29, 0.717) is 12.3 Å². The lowest BCUT2D eigenvalue weighted by Crippen LogP contribution is -2.28. The first-order valence-corrected chi connectivity index (χ1v) is 6.71. The number of nitrogens with two attached hydrogens (primary N) is 1. The van der Waals surface area contributed by atoms with Crippen molar-refractivity contribution in [1.29, 1.82) is 0 Å². The molecule has 0 aliphatic heterocycles. The topological polar surface area (TPSA) is 83.8 Å². The van der Waals surface area contributed by atoms with Crippen molar-refractivity contribution in [1.82, 2.24) is 9.97 Å². The lowest BCUT2D eigenvalue weighted by Gasteiger charge is -2.14. The van der Waals surface area contributed by atoms with Gasteiger partial charge in [-0.05, 0) is 30.9 Å². The minimum atomic E-state index is 0.0258. The van der Waals surface area contributed by atoms with E-state index in [-0.39, 0.29) is 11.9 Å². The molecule has 1 heterocycles. The molecule has 19 heavy (non-hydrogen) atoms. The monoisotopic (exact) mass is 258 g/mol. The van der Waals surface area contributed by atoms with Crippen molar-refractivity contribution in [2.75, 3.05) is 5.32 Å². The van der Waals surface area contributed by atoms with Crippen LogP contribution in [0, 0.1) is 5.92 Å². The molecule has 1 aromatic heterocycles. The normalized spacial score (nSPS) is 22.8. The van der Waals surface area contributed by atoms with Crippen LogP contribution in [0.3, 0.4) is 0 Å². The number of para-hydroxylation sites is 1. The lowest BCUT2D eigenvalue weighted by atomic mass is 10.00. The van der Waals surface area contributed by atoms with Gasteiger partial charge in [0.25, 0.3) is 0 Å². The summed E-state index contributed by atoms with van der Waals surface area (Å²) in [6.07, 6.45) is 5.36. The number of hydrogen-bond acceptors (Lipinski definition) is 3. The van der Waals surface area contributed by atoms with Crippen molar-refractivity contribution < 1.29 is 4.79 Å². The Kier molecular flexibility index (Phi) is 3.21. The number of nitrogens with one attached hydrogen (secondary N) is 2. The number of anilines is 1. The molecule has 0 saturated heterocycles. The highest BCUT2D eigenvalue weighted by molar-refractivity contribution is 5.99. The van der Waals surface area contributed by atoms with Crippen molar-refractivity contribution in [2.24, 2.45) is 11.7 Å². The van der Waals surface area contributed by atoms with E-state index in [0.717, 1.165) is 36.0 Å². The van der Waals surface area contributed by atoms with Gasteiger partial charge in [-0.3, -0.25) is 4.79 Å². The number of rotatable bonds is 3. The van der Waals surface area contributed by atoms with E-state index in [2.05, 4.69) is 15.3 Å². The highest BCUT2D eigenvalue weighted by Crippen LogP contribution is 2.27. The molecule has 3 rings (SSSR count). The van der Waals surface area contributed by atoms with Crippen LogP contribution < -0.4 is 11.1 Å². The van der Waals surface area contributed by atoms with Gasteiger partial charge in [0.05, 0.1) is 17.5 Å². The summed E-state index contributed by atoms with van der Waals surface area (Å²) in [5.74, 6) is 0.344. The van der Waals surface area contributed by atoms with Gasteiger partial charge in [0.2, 0.25) is 5.91 Å². The number of benzene rings is 1. The molecule has 1 aliphatic rings. The molecule has 1 amide bonds. The molecular formula is C14H18N4O. The molecule has 2 aromatic rings. The number of amides is 1. The predicted octanol–water partition coefficient (Wildman–Crippen LogP) is 2.02. The first-order valence-electron chi connectivity index (χ1n) is 6.71. The van der Waals surface area contributed by atoms with Crippen LogP contribution in [-0.2, 0) is 4.79 Å². The fourth-order valence-corrected chi connectivity index (χ4v) is 2.82. The summed E-state index contributed by atoms with van der Waals surface area (Å²) in [6, 6.07) is 5.88. The molecule has 2 atom stereocenters. The van der Waals surface area contributed by atoms with Crippen molar-refractivity contribution in [2.45, 2.75) is 31.7 Å². The Hall–Kier alpha value is -1.88. The van der Waals surface area contributed by atoms with Crippen molar-refractivity contribution in [3.8, 4) is 0 Å². The van der Waals surface area contributed by atoms with Gasteiger partial charge in [0.15, 0.2) is 0 Å². The Bertz CT molecular complexity index is 592. The molecule has 0 spiro atoms. The number of aromatic nitrogens is 2. The van der Waals surface area contributed by atoms with E-state index in [1.807, 2.05) is 18.2 Å². The number of hydrogen-bond donors (Lipinski definition) is 3. The second-order valence-electron chi connectivity index (χ2n) is 5.21. The van der Waals surface area contributed by atoms with Gasteiger partial charge >= 0.3 is 0 Å². The van der Waals surface area contributed by atoms with Crippen LogP contribution in [0.25, 0.3) is 11.0 Å². The standard InChI is InChI=1S/C14H18N4O/c15-10-4-1-3-9(10)7-13(19)18-12-6-2-5-11-14(12)17-8-16-11/h2,5-6,8-10H,1,3-4,7,15H2,(H,16,17)(H,18,19)/t9-,10+/m0/s1. The summed E-state index contributed by atoms with van der Waals surface area (Å²) in [5.41, 5.74) is 8.48. The van der Waals surface area contributed by atoms with Crippen LogP contribution in [0.15, 0.2) is 24.5 Å². The summed E-state index contributed by atoms with van der Waals surface area (Å²) < 4.78 is 0. The zero-order valence-electron chi connectivity index (χ0n) is 10.7. The number of imidazole rings is 1. The van der Waals surface area contributed by atoms with Crippen LogP contribution in [0.5, 0.6) is 0 Å². The van der Waals surface area contributed by atoms with E-state index >= 15 is 0 Å². The smallest absolute Gasteiger partial charge is 0.224 e. The molecule has 0 radical (unpaired) electrons. The number of nitrogens with zero attached hydrogens (tertiary/aromatic N) is 1. The Balaban J connectivity index is 1.70. The summed E-state index contributed by atoms with van der Waals surface area (Å²) in [4.78, 5) is 19.3. The van der Waals surface area contributed by atoms with E-state index in [4.69, 9.17) is 5.73 Å². The van der Waals surface area contributed by atoms with E-state index < -0.39 is 0 Å². The Morgan fingerprint density at radius 3 is 3.16 bits per heavy atom. The maximum Gasteiger partial charge on any atom is 0.224 e. The van der Waals surface area contributed by atoms with Crippen LogP contribution >= 0.6 is 0 Å². The number of fused-ring (bicyclic) bond motifs is 1. The van der Waals surface area contributed by atoms with Gasteiger partial charge in [0.1, 0.15) is 5.52 Å². The third kappa shape index (κ3) is 2.46. The average Bonchev–Trinajstić information content (AvgIpc) is 3.00. The largest absolute Gasteiger partial charge is 0.345 e. The van der Waals surface area contributed by atoms with Gasteiger partial charge in [-0.25, -0.2) is 4.98 Å². The molecule has 5 nitrogen and oxygen atoms in total. The summed E-state index contributed by atoms with van der Waals surface area (Å²) in [5, 5.41) is 2.94. The summed E-state index contributed by atoms with van der Waals surface area (Å²) in [7, 11) is 0. The van der Waals surface area contributed by atoms with E-state index in [1.165, 1.54) is 0 Å². The maximum atomic E-state index is 12.1. The van der Waals surface area contributed by atoms with Crippen LogP contribution in [0.2, 0.25) is 0 Å². The van der Waals surface area contributed by atoms with Gasteiger partial charge < -0.3 is 16.0 Å². The van der Waals surface area contributed by atoms with Crippen molar-refractivity contribution in [3.05, 3.63) is 24.5 Å². The number of H-pyrrole nitrogens is 1. The average molecular weight is 258 g/mol. The fourth-order valence-electron chi connectivity index (χ4n) is 2.82. The van der Waals surface area contributed by atoms with Crippen LogP contribution in [0.1, 0.15) is 25.7 Å². The molecule has 100 valence electrons. The Morgan fingerprint density at radius 2 is 2.37 bits per heavy atom. The molecule has 0 bridgehead atoms. The molecule has 1 aliphatic carbocycles. The Morgan fingerprint density at radius 1 is 1.47 bits per heavy atom. The first kappa shape index (κ1) is 12.2. The number of carbonyl (C=O) groups is 1. The fraction of sp³-hybridized carbons (Fsp3) is 0.429. The molecule has 0 unspecified atom stereocenters. The predicted molar refractivity (Wildman–Crippen MR) is 74.7 cm³/mol. The summed E-state index contributed by atoms with van der Waals surface area (Å²) >= 11 is 0. The highest BCUT2D eigenvalue weighted by Gasteiger charge is 2.26. The number of aromatic amines is 1. The van der Waals surface area contributed by atoms with Crippen molar-refractivity contribution in [3.63, 3.8) is 0 Å². The quantitative estimate of drug-likeness (QED) is 0.787. The highest BCUT2D eigenvalue weighted by atomic mass is 16.1. The van der Waals surface area contributed by atoms with E-state index in [1.54, 1.807) is 6.33 Å². The third-order valence-electron chi connectivity index (χ3n) is 3.89. The molecule has 4 N–H and O–H groups in total. The first-order chi connectivity index (χ1) is 9.24. The molecule has 5 heteroatoms. The minimum Gasteiger partial charge on any atom is -0.345 e. The third-order valence-corrected chi connectivity index (χ3v) is 3.89. The maximum absolute atomic E-state index is 12.1. The molecule has 1 fully saturated rings. The number of carbonyl (C=O) groups excluding carboxylic acids is 1. The van der Waals surface area contributed by atoms with Gasteiger partial charge in [0, 0.05) is 12.5 Å². The second kappa shape index (κ2) is 5.01. The Labute approximate surface area is 111 Å². The van der Waals surface area contributed by atoms with Crippen molar-refractivity contribution >= 4 is 22.6 Å². The molecule has 1 saturated carbocycles. The molecule has 1 aromatic carbocycles. The minimum absolute atomic E-state index is 0.0258. The lowest BCUT2D eigenvalue weighted by molar-refractivity contribution is -0.117. The zero-order chi connectivity index (χ0) is 13.2. The van der Waals surface area contributed by atoms with Gasteiger partial charge in [-0.2, -0.15) is 0 Å². The van der Waals surface area contributed by atoms with Gasteiger partial charge in [-0.1, -0.05) is 12.5 Å². The SMILES string of the molecule is N[C@@H]1CCC[C@H]1CC(=O)Nc1cccc2[nH]cnc12. The van der Waals surface area contributed by atoms with Crippen LogP contribution in [-0.4, -0.2) is 21.9 Å². The van der Waals surface area contributed by atoms with Gasteiger partial charge in [-0.15, -0.1) is 0 Å².